The van der Waals surface area contributed by atoms with Crippen LogP contribution in [-0.2, 0) is 11.4 Å². The van der Waals surface area contributed by atoms with Crippen LogP contribution in [-0.4, -0.2) is 64.7 Å². The highest BCUT2D eigenvalue weighted by Gasteiger charge is 2.25. The summed E-state index contributed by atoms with van der Waals surface area (Å²) in [5.41, 5.74) is 5.01. The molecule has 0 bridgehead atoms. The highest BCUT2D eigenvalue weighted by Crippen LogP contribution is 2.35. The van der Waals surface area contributed by atoms with E-state index in [1.165, 1.54) is 5.69 Å². The minimum atomic E-state index is -0.621. The number of amides is 1. The van der Waals surface area contributed by atoms with Crippen LogP contribution < -0.4 is 15.7 Å². The first-order valence-corrected chi connectivity index (χ1v) is 15.3. The Balaban J connectivity index is 1.17. The Kier molecular flexibility index (Phi) is 8.89. The van der Waals surface area contributed by atoms with E-state index in [0.717, 1.165) is 56.5 Å². The van der Waals surface area contributed by atoms with Gasteiger partial charge in [-0.05, 0) is 68.1 Å². The maximum absolute atomic E-state index is 16.0. The summed E-state index contributed by atoms with van der Waals surface area (Å²) in [7, 11) is 0. The Labute approximate surface area is 257 Å². The second kappa shape index (κ2) is 12.9. The summed E-state index contributed by atoms with van der Waals surface area (Å²) in [5.74, 6) is -0.694. The van der Waals surface area contributed by atoms with E-state index in [9.17, 15) is 4.79 Å². The topological polar surface area (TPSA) is 87.6 Å². The number of nitrogens with zero attached hydrogens (tertiary/aromatic N) is 5. The quantitative estimate of drug-likeness (QED) is 0.191. The number of carbonyl (C=O) groups is 1. The molecule has 0 unspecified atom stereocenters. The summed E-state index contributed by atoms with van der Waals surface area (Å²) in [5, 5.41) is 3.41. The van der Waals surface area contributed by atoms with Gasteiger partial charge < -0.3 is 14.8 Å². The van der Waals surface area contributed by atoms with Gasteiger partial charge in [0, 0.05) is 55.3 Å². The highest BCUT2D eigenvalue weighted by atomic mass is 79.9. The van der Waals surface area contributed by atoms with Crippen LogP contribution in [0.15, 0.2) is 59.6 Å². The Bertz CT molecular complexity index is 1560. The van der Waals surface area contributed by atoms with Crippen molar-refractivity contribution in [3.8, 4) is 0 Å². The number of nitrogens with one attached hydrogen (secondary N) is 2. The summed E-state index contributed by atoms with van der Waals surface area (Å²) >= 11 is 9.79. The first-order valence-electron chi connectivity index (χ1n) is 14.1. The molecule has 4 aromatic rings. The molecule has 1 amide bonds. The van der Waals surface area contributed by atoms with Gasteiger partial charge in [-0.2, -0.15) is 0 Å². The highest BCUT2D eigenvalue weighted by molar-refractivity contribution is 9.10. The fraction of sp³-hybridized carbons (Fsp3) is 0.367. The molecule has 1 aliphatic heterocycles. The van der Waals surface area contributed by atoms with Crippen LogP contribution in [0.25, 0.3) is 11.0 Å². The molecular weight excluding hydrogens is 625 g/mol. The molecule has 1 aliphatic carbocycles. The number of carbonyl (C=O) groups excluding carboxylic acids is 1. The average Bonchev–Trinajstić information content (AvgIpc) is 3.74. The predicted octanol–water partition coefficient (Wildman–Crippen LogP) is 6.01. The van der Waals surface area contributed by atoms with E-state index < -0.39 is 11.7 Å². The van der Waals surface area contributed by atoms with Crippen molar-refractivity contribution in [2.24, 2.45) is 5.92 Å². The monoisotopic (exact) mass is 655 g/mol. The van der Waals surface area contributed by atoms with Crippen molar-refractivity contribution in [2.75, 3.05) is 49.5 Å². The minimum absolute atomic E-state index is 0.00318. The number of anilines is 3. The van der Waals surface area contributed by atoms with Crippen LogP contribution in [0.4, 0.5) is 21.5 Å². The van der Waals surface area contributed by atoms with Crippen molar-refractivity contribution >= 4 is 61.5 Å². The molecule has 2 N–H and O–H groups in total. The van der Waals surface area contributed by atoms with E-state index in [1.807, 2.05) is 29.1 Å². The van der Waals surface area contributed by atoms with Gasteiger partial charge in [0.05, 0.1) is 40.4 Å². The lowest BCUT2D eigenvalue weighted by atomic mass is 10.1. The lowest BCUT2D eigenvalue weighted by Gasteiger charge is -2.36. The number of piperazine rings is 1. The molecular formula is C30H32BrClFN7O2. The Morgan fingerprint density at radius 1 is 1.10 bits per heavy atom. The maximum atomic E-state index is 16.0. The third-order valence-electron chi connectivity index (χ3n) is 7.75. The number of hydrogen-bond acceptors (Lipinski definition) is 7. The fourth-order valence-corrected chi connectivity index (χ4v) is 5.90. The number of rotatable bonds is 11. The smallest absolute Gasteiger partial charge is 0.277 e. The normalized spacial score (nSPS) is 15.7. The molecule has 2 aromatic carbocycles. The number of imidazole rings is 1. The lowest BCUT2D eigenvalue weighted by molar-refractivity contribution is 0.0271. The van der Waals surface area contributed by atoms with Gasteiger partial charge in [0.2, 0.25) is 0 Å². The molecule has 9 nitrogen and oxygen atoms in total. The van der Waals surface area contributed by atoms with Crippen LogP contribution >= 0.6 is 27.5 Å². The van der Waals surface area contributed by atoms with Crippen LogP contribution in [0.2, 0.25) is 5.02 Å². The summed E-state index contributed by atoms with van der Waals surface area (Å²) in [4.78, 5) is 32.0. The van der Waals surface area contributed by atoms with Crippen LogP contribution in [0.5, 0.6) is 0 Å². The number of benzene rings is 2. The van der Waals surface area contributed by atoms with Crippen molar-refractivity contribution in [2.45, 2.75) is 25.8 Å². The molecule has 42 heavy (non-hydrogen) atoms. The summed E-state index contributed by atoms with van der Waals surface area (Å²) < 4.78 is 18.7. The number of pyridine rings is 1. The number of aromatic nitrogens is 3. The van der Waals surface area contributed by atoms with Gasteiger partial charge in [-0.15, -0.1) is 0 Å². The Hall–Kier alpha value is -3.25. The number of hydroxylamine groups is 1. The number of hydrogen-bond donors (Lipinski definition) is 2. The van der Waals surface area contributed by atoms with Gasteiger partial charge in [0.1, 0.15) is 5.52 Å². The third kappa shape index (κ3) is 6.70. The molecule has 3 heterocycles. The third-order valence-corrected chi connectivity index (χ3v) is 8.55. The van der Waals surface area contributed by atoms with Gasteiger partial charge in [0.25, 0.3) is 5.91 Å². The van der Waals surface area contributed by atoms with Crippen LogP contribution in [0, 0.1) is 11.7 Å². The zero-order valence-electron chi connectivity index (χ0n) is 23.0. The van der Waals surface area contributed by atoms with Crippen molar-refractivity contribution in [1.82, 2.24) is 24.9 Å². The van der Waals surface area contributed by atoms with Gasteiger partial charge in [-0.1, -0.05) is 27.5 Å². The molecule has 6 rings (SSSR count). The van der Waals surface area contributed by atoms with Crippen molar-refractivity contribution in [1.29, 1.82) is 0 Å². The number of halogens is 3. The van der Waals surface area contributed by atoms with Gasteiger partial charge >= 0.3 is 0 Å². The number of fused-ring (bicyclic) bond motifs is 1. The second-order valence-electron chi connectivity index (χ2n) is 10.7. The molecule has 2 aliphatic rings. The van der Waals surface area contributed by atoms with E-state index in [1.54, 1.807) is 30.6 Å². The van der Waals surface area contributed by atoms with Crippen molar-refractivity contribution in [3.63, 3.8) is 0 Å². The zero-order valence-corrected chi connectivity index (χ0v) is 25.4. The molecule has 1 saturated heterocycles. The van der Waals surface area contributed by atoms with Gasteiger partial charge in [0.15, 0.2) is 5.82 Å². The summed E-state index contributed by atoms with van der Waals surface area (Å²) in [6, 6.07) is 11.0. The molecule has 1 saturated carbocycles. The SMILES string of the molecule is O=C(NOCC1CC1)c1cc2c(ncn2CCCN2CCN(c3ccncc3)CC2)c(F)c1Nc1ccc(Br)cc1Cl. The van der Waals surface area contributed by atoms with Crippen molar-refractivity contribution in [3.05, 3.63) is 76.0 Å². The molecule has 2 aromatic heterocycles. The molecule has 220 valence electrons. The van der Waals surface area contributed by atoms with E-state index in [2.05, 4.69) is 46.5 Å². The number of aryl methyl sites for hydroxylation is 1. The standard InChI is InChI=1S/C30H32BrClFN7O2/c31-21-4-5-25(24(32)16-21)36-28-23(30(41)37-42-18-20-2-3-20)17-26-29(27(28)33)35-19-40(26)11-1-10-38-12-14-39(15-13-38)22-6-8-34-9-7-22/h4-9,16-17,19-20,36H,1-3,10-15,18H2,(H,37,41). The van der Waals surface area contributed by atoms with E-state index in [0.29, 0.717) is 35.3 Å². The van der Waals surface area contributed by atoms with E-state index in [-0.39, 0.29) is 16.8 Å². The maximum Gasteiger partial charge on any atom is 0.277 e. The van der Waals surface area contributed by atoms with E-state index in [4.69, 9.17) is 16.4 Å². The summed E-state index contributed by atoms with van der Waals surface area (Å²) in [6.45, 7) is 5.86. The van der Waals surface area contributed by atoms with Crippen LogP contribution in [0.3, 0.4) is 0 Å². The largest absolute Gasteiger partial charge is 0.369 e. The fourth-order valence-electron chi connectivity index (χ4n) is 5.18. The van der Waals surface area contributed by atoms with Gasteiger partial charge in [-0.25, -0.2) is 14.9 Å². The first kappa shape index (κ1) is 28.9. The molecule has 0 spiro atoms. The lowest BCUT2D eigenvalue weighted by Crippen LogP contribution is -2.46. The molecule has 12 heteroatoms. The van der Waals surface area contributed by atoms with Crippen molar-refractivity contribution < 1.29 is 14.0 Å². The Morgan fingerprint density at radius 3 is 2.62 bits per heavy atom. The molecule has 0 atom stereocenters. The molecule has 0 radical (unpaired) electrons. The molecule has 2 fully saturated rings. The summed E-state index contributed by atoms with van der Waals surface area (Å²) in [6.07, 6.45) is 8.33. The minimum Gasteiger partial charge on any atom is -0.369 e. The first-order chi connectivity index (χ1) is 20.5. The van der Waals surface area contributed by atoms with Gasteiger partial charge in [-0.3, -0.25) is 19.5 Å². The predicted molar refractivity (Wildman–Crippen MR) is 166 cm³/mol. The average molecular weight is 657 g/mol. The second-order valence-corrected chi connectivity index (χ2v) is 12.1. The van der Waals surface area contributed by atoms with Crippen LogP contribution in [0.1, 0.15) is 29.6 Å². The Morgan fingerprint density at radius 2 is 1.88 bits per heavy atom. The zero-order chi connectivity index (χ0) is 29.1. The van der Waals surface area contributed by atoms with E-state index >= 15 is 4.39 Å².